The minimum Gasteiger partial charge on any atom is -0.497 e. The van der Waals surface area contributed by atoms with Gasteiger partial charge in [0.1, 0.15) is 29.7 Å². The number of carbonyl (C=O) groups excluding carboxylic acids is 3. The molecular formula is C30H37N3O7. The van der Waals surface area contributed by atoms with Crippen LogP contribution in [0, 0.1) is 11.8 Å². The van der Waals surface area contributed by atoms with E-state index in [2.05, 4.69) is 19.2 Å². The summed E-state index contributed by atoms with van der Waals surface area (Å²) < 4.78 is 23.8. The molecule has 3 N–H and O–H groups in total. The first-order chi connectivity index (χ1) is 19.1. The number of likely N-dealkylation sites (tertiary alicyclic amines) is 1. The Balaban J connectivity index is 1.25. The number of carbonyl (C=O) groups is 3. The van der Waals surface area contributed by atoms with E-state index >= 15 is 0 Å². The Hall–Kier alpha value is -3.79. The number of nitrogens with zero attached hydrogens (tertiary/aromatic N) is 1. The fourth-order valence-electron chi connectivity index (χ4n) is 6.14. The minimum absolute atomic E-state index is 0.0208. The lowest BCUT2D eigenvalue weighted by Gasteiger charge is -2.53. The summed E-state index contributed by atoms with van der Waals surface area (Å²) >= 11 is 0. The van der Waals surface area contributed by atoms with E-state index in [1.54, 1.807) is 12.0 Å². The summed E-state index contributed by atoms with van der Waals surface area (Å²) in [5.74, 6) is 0.635. The minimum atomic E-state index is -1.11. The van der Waals surface area contributed by atoms with E-state index < -0.39 is 23.6 Å². The summed E-state index contributed by atoms with van der Waals surface area (Å²) in [6.45, 7) is 5.08. The molecule has 214 valence electrons. The van der Waals surface area contributed by atoms with Gasteiger partial charge in [0.2, 0.25) is 11.8 Å². The monoisotopic (exact) mass is 551 g/mol. The van der Waals surface area contributed by atoms with Crippen molar-refractivity contribution >= 4 is 17.9 Å². The maximum atomic E-state index is 13.5. The Bertz CT molecular complexity index is 1250. The SMILES string of the molecule is COc1ccc2c(c1)OC(C)(C)[C@@H]1C[C@H]3CN(C(=O)[C@H](CC(N)=O)NC(=O)OCc4ccccc4)CC[C@H]3O[C@@H]21. The topological polar surface area (TPSA) is 129 Å². The number of nitrogens with one attached hydrogen (secondary N) is 1. The number of benzene rings is 2. The molecule has 3 aliphatic heterocycles. The molecule has 3 heterocycles. The van der Waals surface area contributed by atoms with Gasteiger partial charge in [0.25, 0.3) is 0 Å². The van der Waals surface area contributed by atoms with E-state index in [0.717, 1.165) is 29.0 Å². The number of primary amides is 1. The molecule has 0 aliphatic carbocycles. The maximum absolute atomic E-state index is 13.5. The van der Waals surface area contributed by atoms with Crippen LogP contribution in [0.25, 0.3) is 0 Å². The predicted molar refractivity (Wildman–Crippen MR) is 145 cm³/mol. The summed E-state index contributed by atoms with van der Waals surface area (Å²) in [5.41, 5.74) is 6.76. The highest BCUT2D eigenvalue weighted by atomic mass is 16.5. The first-order valence-electron chi connectivity index (χ1n) is 13.7. The van der Waals surface area contributed by atoms with Crippen LogP contribution >= 0.6 is 0 Å². The maximum Gasteiger partial charge on any atom is 0.408 e. The molecule has 5 atom stereocenters. The highest BCUT2D eigenvalue weighted by molar-refractivity contribution is 5.90. The van der Waals surface area contributed by atoms with Crippen LogP contribution in [0.5, 0.6) is 11.5 Å². The van der Waals surface area contributed by atoms with Gasteiger partial charge in [0.05, 0.1) is 25.7 Å². The zero-order chi connectivity index (χ0) is 28.4. The third-order valence-electron chi connectivity index (χ3n) is 8.22. The number of amides is 3. The number of fused-ring (bicyclic) bond motifs is 4. The molecule has 0 unspecified atom stereocenters. The van der Waals surface area contributed by atoms with Crippen LogP contribution in [0.2, 0.25) is 0 Å². The van der Waals surface area contributed by atoms with Gasteiger partial charge in [-0.15, -0.1) is 0 Å². The molecule has 0 saturated carbocycles. The molecule has 2 saturated heterocycles. The van der Waals surface area contributed by atoms with Crippen molar-refractivity contribution in [3.05, 3.63) is 59.7 Å². The second-order valence-corrected chi connectivity index (χ2v) is 11.3. The van der Waals surface area contributed by atoms with Gasteiger partial charge in [-0.05, 0) is 44.4 Å². The zero-order valence-electron chi connectivity index (χ0n) is 23.1. The second-order valence-electron chi connectivity index (χ2n) is 11.3. The number of methoxy groups -OCH3 is 1. The van der Waals surface area contributed by atoms with Crippen LogP contribution < -0.4 is 20.5 Å². The number of hydrogen-bond donors (Lipinski definition) is 2. The third-order valence-corrected chi connectivity index (χ3v) is 8.22. The van der Waals surface area contributed by atoms with Crippen molar-refractivity contribution in [2.75, 3.05) is 20.2 Å². The average Bonchev–Trinajstić information content (AvgIpc) is 2.94. The lowest BCUT2D eigenvalue weighted by molar-refractivity contribution is -0.189. The molecule has 2 fully saturated rings. The third kappa shape index (κ3) is 5.86. The van der Waals surface area contributed by atoms with Gasteiger partial charge in [-0.2, -0.15) is 0 Å². The quantitative estimate of drug-likeness (QED) is 0.540. The van der Waals surface area contributed by atoms with Crippen molar-refractivity contribution in [1.82, 2.24) is 10.2 Å². The summed E-state index contributed by atoms with van der Waals surface area (Å²) in [6.07, 6.45) is 0.230. The molecule has 0 bridgehead atoms. The van der Waals surface area contributed by atoms with Crippen molar-refractivity contribution in [3.8, 4) is 11.5 Å². The van der Waals surface area contributed by atoms with Crippen LogP contribution in [0.1, 0.15) is 50.3 Å². The number of alkyl carbamates (subject to hydrolysis) is 1. The number of piperidine rings is 1. The molecule has 10 nitrogen and oxygen atoms in total. The van der Waals surface area contributed by atoms with Crippen LogP contribution in [0.3, 0.4) is 0 Å². The van der Waals surface area contributed by atoms with Gasteiger partial charge in [0, 0.05) is 36.6 Å². The fourth-order valence-corrected chi connectivity index (χ4v) is 6.14. The molecule has 3 aliphatic rings. The summed E-state index contributed by atoms with van der Waals surface area (Å²) in [5, 5.41) is 2.55. The summed E-state index contributed by atoms with van der Waals surface area (Å²) in [6, 6.07) is 13.9. The number of ether oxygens (including phenoxy) is 4. The molecule has 3 amide bonds. The van der Waals surface area contributed by atoms with Crippen LogP contribution in [0.15, 0.2) is 48.5 Å². The standard InChI is InChI=1S/C30H37N3O7/c1-30(2)22-13-19-16-33(12-11-24(19)39-27(22)21-10-9-20(37-3)14-25(21)40-30)28(35)23(15-26(31)34)32-29(36)38-17-18-7-5-4-6-8-18/h4-10,14,19,22-24,27H,11-13,15-17H2,1-3H3,(H2,31,34)(H,32,36)/t19-,22+,23-,24+,27-/m0/s1. The van der Waals surface area contributed by atoms with Crippen molar-refractivity contribution in [1.29, 1.82) is 0 Å². The summed E-state index contributed by atoms with van der Waals surface area (Å²) in [7, 11) is 1.63. The highest BCUT2D eigenvalue weighted by Crippen LogP contribution is 2.53. The number of nitrogens with two attached hydrogens (primary N) is 1. The number of rotatable bonds is 7. The lowest BCUT2D eigenvalue weighted by Crippen LogP contribution is -2.58. The van der Waals surface area contributed by atoms with E-state index in [4.69, 9.17) is 24.7 Å². The Labute approximate surface area is 234 Å². The molecule has 2 aromatic rings. The van der Waals surface area contributed by atoms with E-state index in [1.807, 2.05) is 48.5 Å². The van der Waals surface area contributed by atoms with E-state index in [0.29, 0.717) is 19.5 Å². The molecule has 10 heteroatoms. The predicted octanol–water partition coefficient (Wildman–Crippen LogP) is 3.33. The zero-order valence-corrected chi connectivity index (χ0v) is 23.1. The molecule has 40 heavy (non-hydrogen) atoms. The average molecular weight is 552 g/mol. The molecule has 2 aromatic carbocycles. The van der Waals surface area contributed by atoms with Gasteiger partial charge in [-0.25, -0.2) is 4.79 Å². The molecular weight excluding hydrogens is 514 g/mol. The fraction of sp³-hybridized carbons (Fsp3) is 0.500. The second kappa shape index (κ2) is 11.4. The Morgan fingerprint density at radius 2 is 1.95 bits per heavy atom. The van der Waals surface area contributed by atoms with Crippen molar-refractivity contribution in [3.63, 3.8) is 0 Å². The van der Waals surface area contributed by atoms with Crippen LogP contribution in [-0.2, 0) is 25.7 Å². The van der Waals surface area contributed by atoms with Crippen LogP contribution in [-0.4, -0.2) is 60.8 Å². The van der Waals surface area contributed by atoms with Gasteiger partial charge < -0.3 is 34.9 Å². The highest BCUT2D eigenvalue weighted by Gasteiger charge is 2.52. The lowest BCUT2D eigenvalue weighted by atomic mass is 9.70. The van der Waals surface area contributed by atoms with E-state index in [-0.39, 0.29) is 43.0 Å². The Morgan fingerprint density at radius 3 is 2.67 bits per heavy atom. The molecule has 5 rings (SSSR count). The van der Waals surface area contributed by atoms with Gasteiger partial charge in [-0.3, -0.25) is 9.59 Å². The van der Waals surface area contributed by atoms with E-state index in [9.17, 15) is 14.4 Å². The van der Waals surface area contributed by atoms with Crippen LogP contribution in [0.4, 0.5) is 4.79 Å². The Kier molecular flexibility index (Phi) is 7.89. The van der Waals surface area contributed by atoms with Gasteiger partial charge >= 0.3 is 6.09 Å². The first-order valence-corrected chi connectivity index (χ1v) is 13.7. The van der Waals surface area contributed by atoms with Crippen molar-refractivity contribution in [2.45, 2.75) is 63.6 Å². The Morgan fingerprint density at radius 1 is 1.18 bits per heavy atom. The van der Waals surface area contributed by atoms with Crippen molar-refractivity contribution < 1.29 is 33.3 Å². The van der Waals surface area contributed by atoms with E-state index in [1.165, 1.54) is 0 Å². The smallest absolute Gasteiger partial charge is 0.408 e. The number of hydrogen-bond acceptors (Lipinski definition) is 7. The first kappa shape index (κ1) is 27.8. The largest absolute Gasteiger partial charge is 0.497 e. The van der Waals surface area contributed by atoms with Gasteiger partial charge in [0.15, 0.2) is 0 Å². The normalized spacial score (nSPS) is 25.2. The molecule has 0 spiro atoms. The van der Waals surface area contributed by atoms with Gasteiger partial charge in [-0.1, -0.05) is 30.3 Å². The summed E-state index contributed by atoms with van der Waals surface area (Å²) in [4.78, 5) is 39.5. The molecule has 0 aromatic heterocycles. The van der Waals surface area contributed by atoms with Crippen molar-refractivity contribution in [2.24, 2.45) is 17.6 Å². The molecule has 0 radical (unpaired) electrons.